The molecule has 0 fully saturated rings. The van der Waals surface area contributed by atoms with Crippen LogP contribution >= 0.6 is 0 Å². The summed E-state index contributed by atoms with van der Waals surface area (Å²) >= 11 is 0. The summed E-state index contributed by atoms with van der Waals surface area (Å²) in [6, 6.07) is 8.01. The van der Waals surface area contributed by atoms with Gasteiger partial charge in [-0.25, -0.2) is 4.98 Å². The monoisotopic (exact) mass is 258 g/mol. The summed E-state index contributed by atoms with van der Waals surface area (Å²) in [6.45, 7) is 0.158. The van der Waals surface area contributed by atoms with Crippen molar-refractivity contribution in [3.05, 3.63) is 36.2 Å². The lowest BCUT2D eigenvalue weighted by molar-refractivity contribution is 0.208. The fraction of sp³-hybridized carbons (Fsp3) is 0.400. The van der Waals surface area contributed by atoms with Crippen molar-refractivity contribution in [1.29, 1.82) is 0 Å². The Hall–Kier alpha value is -1.81. The lowest BCUT2D eigenvalue weighted by Crippen LogP contribution is -2.21. The summed E-state index contributed by atoms with van der Waals surface area (Å²) in [7, 11) is 1.67. The van der Waals surface area contributed by atoms with Gasteiger partial charge in [-0.1, -0.05) is 12.1 Å². The van der Waals surface area contributed by atoms with Crippen LogP contribution in [0.15, 0.2) is 30.5 Å². The van der Waals surface area contributed by atoms with E-state index < -0.39 is 0 Å². The highest BCUT2D eigenvalue weighted by molar-refractivity contribution is 5.65. The third-order valence-corrected chi connectivity index (χ3v) is 3.77. The second-order valence-electron chi connectivity index (χ2n) is 4.87. The van der Waals surface area contributed by atoms with Gasteiger partial charge >= 0.3 is 0 Å². The van der Waals surface area contributed by atoms with Gasteiger partial charge in [-0.3, -0.25) is 0 Å². The Labute approximate surface area is 112 Å². The van der Waals surface area contributed by atoms with Gasteiger partial charge in [-0.2, -0.15) is 0 Å². The Morgan fingerprint density at radius 1 is 1.42 bits per heavy atom. The van der Waals surface area contributed by atoms with Crippen LogP contribution in [0.3, 0.4) is 0 Å². The Morgan fingerprint density at radius 2 is 2.26 bits per heavy atom. The molecule has 0 amide bonds. The number of fused-ring (bicyclic) bond motifs is 1. The van der Waals surface area contributed by atoms with Gasteiger partial charge in [0.25, 0.3) is 0 Å². The molecule has 0 spiro atoms. The second-order valence-corrected chi connectivity index (χ2v) is 4.87. The lowest BCUT2D eigenvalue weighted by Gasteiger charge is -2.26. The summed E-state index contributed by atoms with van der Waals surface area (Å²) in [4.78, 5) is 4.55. The molecule has 1 unspecified atom stereocenters. The second kappa shape index (κ2) is 5.05. The van der Waals surface area contributed by atoms with Gasteiger partial charge in [0.2, 0.25) is 0 Å². The summed E-state index contributed by atoms with van der Waals surface area (Å²) in [6.07, 6.45) is 5.06. The first-order valence-corrected chi connectivity index (χ1v) is 6.65. The predicted octanol–water partition coefficient (Wildman–Crippen LogP) is 2.43. The zero-order valence-electron chi connectivity index (χ0n) is 11.0. The maximum atomic E-state index is 9.57. The van der Waals surface area contributed by atoms with Crippen LogP contribution in [0.2, 0.25) is 0 Å². The van der Waals surface area contributed by atoms with Crippen molar-refractivity contribution >= 4 is 0 Å². The first-order chi connectivity index (χ1) is 9.35. The number of aliphatic hydroxyl groups excluding tert-OH is 1. The Morgan fingerprint density at radius 3 is 3.05 bits per heavy atom. The molecule has 2 heterocycles. The van der Waals surface area contributed by atoms with Gasteiger partial charge in [-0.15, -0.1) is 0 Å². The fourth-order valence-corrected chi connectivity index (χ4v) is 2.84. The summed E-state index contributed by atoms with van der Waals surface area (Å²) < 4.78 is 7.58. The van der Waals surface area contributed by atoms with E-state index in [1.54, 1.807) is 7.11 Å². The molecule has 1 atom stereocenters. The van der Waals surface area contributed by atoms with Crippen LogP contribution < -0.4 is 4.74 Å². The Kier molecular flexibility index (Phi) is 3.25. The quantitative estimate of drug-likeness (QED) is 0.919. The summed E-state index contributed by atoms with van der Waals surface area (Å²) in [5, 5.41) is 9.57. The molecule has 3 rings (SSSR count). The number of para-hydroxylation sites is 1. The summed E-state index contributed by atoms with van der Waals surface area (Å²) in [5.41, 5.74) is 2.18. The van der Waals surface area contributed by atoms with E-state index in [1.807, 2.05) is 30.5 Å². The maximum Gasteiger partial charge on any atom is 0.144 e. The third kappa shape index (κ3) is 2.02. The van der Waals surface area contributed by atoms with E-state index in [4.69, 9.17) is 4.74 Å². The SMILES string of the molecule is COc1ccccc1-c1ncc2n1C(CO)CCC2. The van der Waals surface area contributed by atoms with E-state index in [9.17, 15) is 5.11 Å². The van der Waals surface area contributed by atoms with Gasteiger partial charge < -0.3 is 14.4 Å². The molecule has 100 valence electrons. The lowest BCUT2D eigenvalue weighted by atomic mass is 10.0. The van der Waals surface area contributed by atoms with E-state index in [1.165, 1.54) is 5.69 Å². The molecule has 2 aromatic rings. The minimum atomic E-state index is 0.131. The highest BCUT2D eigenvalue weighted by Gasteiger charge is 2.24. The van der Waals surface area contributed by atoms with Crippen LogP contribution in [0, 0.1) is 0 Å². The van der Waals surface area contributed by atoms with E-state index >= 15 is 0 Å². The van der Waals surface area contributed by atoms with Crippen molar-refractivity contribution in [3.8, 4) is 17.1 Å². The van der Waals surface area contributed by atoms with Crippen LogP contribution in [0.4, 0.5) is 0 Å². The molecular formula is C15H18N2O2. The van der Waals surface area contributed by atoms with Crippen molar-refractivity contribution in [2.24, 2.45) is 0 Å². The van der Waals surface area contributed by atoms with Crippen LogP contribution in [0.25, 0.3) is 11.4 Å². The Bertz CT molecular complexity index is 577. The topological polar surface area (TPSA) is 47.3 Å². The number of benzene rings is 1. The van der Waals surface area contributed by atoms with Crippen molar-refractivity contribution in [2.45, 2.75) is 25.3 Å². The molecule has 0 saturated heterocycles. The molecule has 0 radical (unpaired) electrons. The third-order valence-electron chi connectivity index (χ3n) is 3.77. The van der Waals surface area contributed by atoms with E-state index in [-0.39, 0.29) is 12.6 Å². The molecule has 0 saturated carbocycles. The molecule has 4 heteroatoms. The van der Waals surface area contributed by atoms with Crippen molar-refractivity contribution in [3.63, 3.8) is 0 Å². The number of aromatic nitrogens is 2. The highest BCUT2D eigenvalue weighted by atomic mass is 16.5. The van der Waals surface area contributed by atoms with E-state index in [0.29, 0.717) is 0 Å². The van der Waals surface area contributed by atoms with E-state index in [2.05, 4.69) is 9.55 Å². The number of nitrogens with zero attached hydrogens (tertiary/aromatic N) is 2. The average Bonchev–Trinajstić information content (AvgIpc) is 2.91. The average molecular weight is 258 g/mol. The smallest absolute Gasteiger partial charge is 0.144 e. The molecule has 1 aromatic heterocycles. The molecule has 1 N–H and O–H groups in total. The zero-order valence-corrected chi connectivity index (χ0v) is 11.0. The molecule has 0 aliphatic carbocycles. The zero-order chi connectivity index (χ0) is 13.2. The normalized spacial score (nSPS) is 18.1. The van der Waals surface area contributed by atoms with Crippen LogP contribution in [-0.4, -0.2) is 28.4 Å². The van der Waals surface area contributed by atoms with Gasteiger partial charge in [0.1, 0.15) is 11.6 Å². The van der Waals surface area contributed by atoms with Gasteiger partial charge in [-0.05, 0) is 31.4 Å². The largest absolute Gasteiger partial charge is 0.496 e. The summed E-state index contributed by atoms with van der Waals surface area (Å²) in [5.74, 6) is 1.71. The van der Waals surface area contributed by atoms with Crippen molar-refractivity contribution in [2.75, 3.05) is 13.7 Å². The number of aliphatic hydroxyl groups is 1. The Balaban J connectivity index is 2.14. The molecular weight excluding hydrogens is 240 g/mol. The molecule has 1 aliphatic rings. The number of aryl methyl sites for hydroxylation is 1. The van der Waals surface area contributed by atoms with Gasteiger partial charge in [0, 0.05) is 11.9 Å². The maximum absolute atomic E-state index is 9.57. The number of imidazole rings is 1. The van der Waals surface area contributed by atoms with Gasteiger partial charge in [0.15, 0.2) is 0 Å². The number of ether oxygens (including phenoxy) is 1. The predicted molar refractivity (Wildman–Crippen MR) is 73.3 cm³/mol. The number of hydrogen-bond donors (Lipinski definition) is 1. The standard InChI is InChI=1S/C15H18N2O2/c1-19-14-8-3-2-7-13(14)15-16-9-11-5-4-6-12(10-18)17(11)15/h2-3,7-9,12,18H,4-6,10H2,1H3. The molecule has 1 aliphatic heterocycles. The molecule has 19 heavy (non-hydrogen) atoms. The minimum absolute atomic E-state index is 0.131. The van der Waals surface area contributed by atoms with Crippen LogP contribution in [0.5, 0.6) is 5.75 Å². The fourth-order valence-electron chi connectivity index (χ4n) is 2.84. The first kappa shape index (κ1) is 12.2. The van der Waals surface area contributed by atoms with Crippen molar-refractivity contribution in [1.82, 2.24) is 9.55 Å². The van der Waals surface area contributed by atoms with E-state index in [0.717, 1.165) is 36.4 Å². The molecule has 4 nitrogen and oxygen atoms in total. The minimum Gasteiger partial charge on any atom is -0.496 e. The highest BCUT2D eigenvalue weighted by Crippen LogP contribution is 2.34. The van der Waals surface area contributed by atoms with Crippen molar-refractivity contribution < 1.29 is 9.84 Å². The van der Waals surface area contributed by atoms with Crippen LogP contribution in [0.1, 0.15) is 24.6 Å². The number of methoxy groups -OCH3 is 1. The molecule has 1 aromatic carbocycles. The van der Waals surface area contributed by atoms with Crippen LogP contribution in [-0.2, 0) is 6.42 Å². The molecule has 0 bridgehead atoms. The number of rotatable bonds is 3. The number of hydrogen-bond acceptors (Lipinski definition) is 3. The first-order valence-electron chi connectivity index (χ1n) is 6.65. The van der Waals surface area contributed by atoms with Gasteiger partial charge in [0.05, 0.1) is 25.3 Å².